The van der Waals surface area contributed by atoms with E-state index >= 15 is 0 Å². The molecule has 1 saturated heterocycles. The Bertz CT molecular complexity index is 872. The van der Waals surface area contributed by atoms with Crippen LogP contribution in [0.15, 0.2) is 15.8 Å². The molecule has 9 nitrogen and oxygen atoms in total. The van der Waals surface area contributed by atoms with Gasteiger partial charge in [0, 0.05) is 13.1 Å². The van der Waals surface area contributed by atoms with Crippen LogP contribution in [0.3, 0.4) is 0 Å². The van der Waals surface area contributed by atoms with E-state index in [0.717, 1.165) is 18.3 Å². The molecule has 30 heavy (non-hydrogen) atoms. The molecule has 3 unspecified atom stereocenters. The first-order valence-electron chi connectivity index (χ1n) is 10.6. The molecule has 2 fully saturated rings. The third kappa shape index (κ3) is 6.07. The number of aliphatic imine (C=N–C) groups is 1. The molecule has 2 aromatic heterocycles. The number of carbonyl (C=O) groups excluding carboxylic acids is 1. The number of hydrogen-bond donors (Lipinski definition) is 1. The number of carbonyl (C=O) groups is 1. The molecule has 1 N–H and O–H groups in total. The highest BCUT2D eigenvalue weighted by Gasteiger charge is 2.40. The van der Waals surface area contributed by atoms with E-state index in [2.05, 4.69) is 25.5 Å². The zero-order valence-electron chi connectivity index (χ0n) is 18.4. The molecule has 3 heterocycles. The largest absolute Gasteiger partial charge is 0.338 e. The molecule has 0 bridgehead atoms. The molecule has 4 rings (SSSR count). The summed E-state index contributed by atoms with van der Waals surface area (Å²) in [5, 5.41) is 20.2. The maximum atomic E-state index is 11.9. The number of nitriles is 1. The average Bonchev–Trinajstić information content (AvgIpc) is 3.16. The highest BCUT2D eigenvalue weighted by atomic mass is 16.5. The lowest BCUT2D eigenvalue weighted by atomic mass is 10.1. The number of nitrogens with one attached hydrogen (secondary N) is 1. The van der Waals surface area contributed by atoms with Crippen molar-refractivity contribution in [2.75, 3.05) is 13.1 Å². The van der Waals surface area contributed by atoms with Crippen molar-refractivity contribution in [2.24, 2.45) is 22.7 Å². The molecule has 162 valence electrons. The van der Waals surface area contributed by atoms with E-state index in [-0.39, 0.29) is 35.3 Å². The Hall–Kier alpha value is -2.86. The second-order valence-electron chi connectivity index (χ2n) is 7.28. The molecule has 2 aromatic rings. The van der Waals surface area contributed by atoms with E-state index in [9.17, 15) is 10.1 Å². The lowest BCUT2D eigenvalue weighted by molar-refractivity contribution is 0.100. The zero-order chi connectivity index (χ0) is 22.1. The molecular formula is C21H31N7O2. The molecule has 1 aliphatic heterocycles. The molecule has 2 aliphatic rings. The number of aromatic nitrogens is 4. The topological polar surface area (TPSA) is 122 Å². The zero-order valence-corrected chi connectivity index (χ0v) is 18.4. The minimum Gasteiger partial charge on any atom is -0.338 e. The average molecular weight is 414 g/mol. The lowest BCUT2D eigenvalue weighted by Gasteiger charge is -2.02. The van der Waals surface area contributed by atoms with Gasteiger partial charge in [-0.2, -0.15) is 15.3 Å². The molecule has 1 saturated carbocycles. The van der Waals surface area contributed by atoms with Crippen molar-refractivity contribution in [3.8, 4) is 6.07 Å². The predicted octanol–water partition coefficient (Wildman–Crippen LogP) is 3.39. The van der Waals surface area contributed by atoms with Gasteiger partial charge in [-0.25, -0.2) is 4.68 Å². The van der Waals surface area contributed by atoms with Crippen molar-refractivity contribution in [3.63, 3.8) is 0 Å². The van der Waals surface area contributed by atoms with Crippen molar-refractivity contribution in [2.45, 2.75) is 54.0 Å². The molecule has 0 aromatic carbocycles. The number of fused-ring (bicyclic) bond motifs is 1. The summed E-state index contributed by atoms with van der Waals surface area (Å²) in [5.74, 6) is 2.51. The van der Waals surface area contributed by atoms with Gasteiger partial charge in [-0.05, 0) is 43.7 Å². The van der Waals surface area contributed by atoms with Crippen molar-refractivity contribution >= 4 is 17.7 Å². The van der Waals surface area contributed by atoms with Gasteiger partial charge in [0.2, 0.25) is 5.89 Å². The maximum absolute atomic E-state index is 11.9. The monoisotopic (exact) mass is 413 g/mol. The third-order valence-electron chi connectivity index (χ3n) is 5.04. The number of hydrogen-bond acceptors (Lipinski definition) is 8. The predicted molar refractivity (Wildman–Crippen MR) is 114 cm³/mol. The summed E-state index contributed by atoms with van der Waals surface area (Å²) in [6, 6.07) is 1.97. The van der Waals surface area contributed by atoms with Crippen LogP contribution in [0.25, 0.3) is 0 Å². The van der Waals surface area contributed by atoms with Gasteiger partial charge in [0.05, 0.1) is 0 Å². The Morgan fingerprint density at radius 3 is 2.60 bits per heavy atom. The van der Waals surface area contributed by atoms with E-state index in [1.54, 1.807) is 6.21 Å². The van der Waals surface area contributed by atoms with Crippen molar-refractivity contribution in [1.29, 1.82) is 5.26 Å². The van der Waals surface area contributed by atoms with Crippen LogP contribution in [0.5, 0.6) is 0 Å². The van der Waals surface area contributed by atoms with E-state index in [1.807, 2.05) is 33.8 Å². The van der Waals surface area contributed by atoms with E-state index in [0.29, 0.717) is 5.89 Å². The van der Waals surface area contributed by atoms with E-state index in [4.69, 9.17) is 4.52 Å². The molecular weight excluding hydrogens is 382 g/mol. The maximum Gasteiger partial charge on any atom is 0.248 e. The second-order valence-corrected chi connectivity index (χ2v) is 7.28. The van der Waals surface area contributed by atoms with Gasteiger partial charge in [0.1, 0.15) is 24.0 Å². The fourth-order valence-corrected chi connectivity index (χ4v) is 3.08. The molecule has 0 radical (unpaired) electrons. The van der Waals surface area contributed by atoms with Crippen LogP contribution < -0.4 is 5.32 Å². The number of nitrogens with zero attached hydrogens (tertiary/aromatic N) is 6. The van der Waals surface area contributed by atoms with E-state index in [1.165, 1.54) is 37.4 Å². The van der Waals surface area contributed by atoms with Gasteiger partial charge < -0.3 is 9.84 Å². The summed E-state index contributed by atoms with van der Waals surface area (Å²) in [6.45, 7) is 12.2. The first-order valence-corrected chi connectivity index (χ1v) is 10.6. The number of ketones is 1. The molecule has 0 spiro atoms. The van der Waals surface area contributed by atoms with Crippen LogP contribution >= 0.6 is 0 Å². The normalized spacial score (nSPS) is 19.7. The first kappa shape index (κ1) is 23.4. The van der Waals surface area contributed by atoms with Crippen molar-refractivity contribution in [3.05, 3.63) is 23.6 Å². The Balaban J connectivity index is 0.000000331. The highest BCUT2D eigenvalue weighted by Crippen LogP contribution is 2.40. The van der Waals surface area contributed by atoms with Crippen LogP contribution in [-0.2, 0) is 6.54 Å². The van der Waals surface area contributed by atoms with Gasteiger partial charge in [-0.1, -0.05) is 32.9 Å². The minimum atomic E-state index is -0.232. The summed E-state index contributed by atoms with van der Waals surface area (Å²) >= 11 is 0. The fraction of sp³-hybridized carbons (Fsp3) is 0.619. The summed E-state index contributed by atoms with van der Waals surface area (Å²) in [7, 11) is 0. The molecule has 3 atom stereocenters. The summed E-state index contributed by atoms with van der Waals surface area (Å²) in [4.78, 5) is 20.1. The third-order valence-corrected chi connectivity index (χ3v) is 5.04. The van der Waals surface area contributed by atoms with Gasteiger partial charge >= 0.3 is 0 Å². The molecule has 0 amide bonds. The molecule has 9 heteroatoms. The quantitative estimate of drug-likeness (QED) is 0.569. The van der Waals surface area contributed by atoms with E-state index < -0.39 is 0 Å². The van der Waals surface area contributed by atoms with Gasteiger partial charge in [0.25, 0.3) is 0 Å². The second kappa shape index (κ2) is 11.4. The van der Waals surface area contributed by atoms with Crippen LogP contribution in [0.2, 0.25) is 0 Å². The standard InChI is InChI=1S/C14H16N6O2.C5H9N.C2H6/c1-4-9(2)6-16-13-11(5-15)19-20(14(13)10(3)21)7-12-17-8-18-22-12;1-4-2-6-3-5(1)4;1-2/h6,8-9H,4,7H2,1-3H3;4-6H,1-3H2;1-2H3. The number of piperidine rings is 1. The smallest absolute Gasteiger partial charge is 0.248 e. The summed E-state index contributed by atoms with van der Waals surface area (Å²) in [6.07, 6.45) is 5.42. The Morgan fingerprint density at radius 1 is 1.47 bits per heavy atom. The Morgan fingerprint density at radius 2 is 2.17 bits per heavy atom. The Kier molecular flexibility index (Phi) is 8.87. The van der Waals surface area contributed by atoms with Crippen LogP contribution in [0, 0.1) is 29.1 Å². The lowest BCUT2D eigenvalue weighted by Crippen LogP contribution is -2.10. The SMILES string of the molecule is C1NCC2CC12.CC.CCC(C)C=Nc1c(C#N)nn(Cc2ncno2)c1C(C)=O. The van der Waals surface area contributed by atoms with Gasteiger partial charge in [0.15, 0.2) is 17.8 Å². The van der Waals surface area contributed by atoms with Crippen LogP contribution in [0.4, 0.5) is 5.69 Å². The van der Waals surface area contributed by atoms with Crippen LogP contribution in [0.1, 0.15) is 69.5 Å². The number of rotatable bonds is 6. The van der Waals surface area contributed by atoms with Crippen molar-refractivity contribution < 1.29 is 9.32 Å². The van der Waals surface area contributed by atoms with Gasteiger partial charge in [-0.15, -0.1) is 0 Å². The summed E-state index contributed by atoms with van der Waals surface area (Å²) < 4.78 is 6.29. The van der Waals surface area contributed by atoms with Gasteiger partial charge in [-0.3, -0.25) is 9.79 Å². The first-order chi connectivity index (χ1) is 14.5. The Labute approximate surface area is 177 Å². The summed E-state index contributed by atoms with van der Waals surface area (Å²) in [5.41, 5.74) is 0.647. The number of Topliss-reactive ketones (excluding diaryl/α,β-unsaturated/α-hetero) is 1. The fourth-order valence-electron chi connectivity index (χ4n) is 3.08. The van der Waals surface area contributed by atoms with Crippen LogP contribution in [-0.4, -0.2) is 45.0 Å². The highest BCUT2D eigenvalue weighted by molar-refractivity contribution is 5.98. The molecule has 1 aliphatic carbocycles. The van der Waals surface area contributed by atoms with Crippen molar-refractivity contribution in [1.82, 2.24) is 25.2 Å². The minimum absolute atomic E-state index is 0.101.